The number of amides is 2. The summed E-state index contributed by atoms with van der Waals surface area (Å²) < 4.78 is 14.2. The highest BCUT2D eigenvalue weighted by molar-refractivity contribution is 5.89. The smallest absolute Gasteiger partial charge is 0.357 e. The lowest BCUT2D eigenvalue weighted by Crippen LogP contribution is -2.52. The maximum Gasteiger partial charge on any atom is 0.357 e. The molecule has 0 unspecified atom stereocenters. The Bertz CT molecular complexity index is 2370. The minimum absolute atomic E-state index is 0.0447. The number of ether oxygens (including phenoxy) is 2. The Morgan fingerprint density at radius 2 is 1.19 bits per heavy atom. The van der Waals surface area contributed by atoms with Crippen molar-refractivity contribution in [3.63, 3.8) is 0 Å². The van der Waals surface area contributed by atoms with E-state index >= 15 is 0 Å². The molecule has 4 saturated carbocycles. The number of benzene rings is 1. The van der Waals surface area contributed by atoms with E-state index in [2.05, 4.69) is 71.3 Å². The van der Waals surface area contributed by atoms with Crippen LogP contribution in [0.5, 0.6) is 0 Å². The van der Waals surface area contributed by atoms with Crippen LogP contribution in [-0.2, 0) is 23.9 Å². The number of hydrogen-bond donors (Lipinski definition) is 3. The number of fused-ring (bicyclic) bond motifs is 12. The van der Waals surface area contributed by atoms with Gasteiger partial charge in [-0.1, -0.05) is 82.0 Å². The van der Waals surface area contributed by atoms with Gasteiger partial charge in [-0.25, -0.2) is 4.79 Å². The van der Waals surface area contributed by atoms with Gasteiger partial charge in [0.1, 0.15) is 0 Å². The van der Waals surface area contributed by atoms with Crippen LogP contribution >= 0.6 is 0 Å². The summed E-state index contributed by atoms with van der Waals surface area (Å²) in [7, 11) is 0. The third-order valence-corrected chi connectivity index (χ3v) is 24.2. The molecular weight excluding hydrogens is 909 g/mol. The number of allylic oxidation sites excluding steroid dienone is 2. The van der Waals surface area contributed by atoms with Crippen molar-refractivity contribution >= 4 is 17.8 Å². The number of hydroxylamine groups is 2. The van der Waals surface area contributed by atoms with Crippen LogP contribution in [0.3, 0.4) is 0 Å². The highest BCUT2D eigenvalue weighted by Crippen LogP contribution is 2.66. The number of hydrogen-bond acceptors (Lipinski definition) is 8. The van der Waals surface area contributed by atoms with E-state index in [1.54, 1.807) is 22.3 Å². The predicted molar refractivity (Wildman–Crippen MR) is 285 cm³/mol. The van der Waals surface area contributed by atoms with Crippen molar-refractivity contribution in [3.8, 4) is 0 Å². The first-order chi connectivity index (χ1) is 35.0. The Kier molecular flexibility index (Phi) is 13.3. The van der Waals surface area contributed by atoms with Gasteiger partial charge in [-0.3, -0.25) is 9.59 Å². The first kappa shape index (κ1) is 50.7. The minimum atomic E-state index is -0.272. The van der Waals surface area contributed by atoms with E-state index in [-0.39, 0.29) is 52.5 Å². The maximum atomic E-state index is 13.1. The molecule has 0 bridgehead atoms. The van der Waals surface area contributed by atoms with Gasteiger partial charge in [-0.05, 0) is 205 Å². The largest absolute Gasteiger partial charge is 0.369 e. The zero-order valence-corrected chi connectivity index (χ0v) is 46.1. The van der Waals surface area contributed by atoms with E-state index in [1.807, 2.05) is 35.4 Å². The van der Waals surface area contributed by atoms with Crippen LogP contribution in [0, 0.1) is 81.8 Å². The monoisotopic (exact) mass is 1000 g/mol. The molecule has 2 spiro atoms. The van der Waals surface area contributed by atoms with Crippen LogP contribution in [0.1, 0.15) is 181 Å². The third kappa shape index (κ3) is 8.57. The Balaban J connectivity index is 0.000000153. The molecule has 73 heavy (non-hydrogen) atoms. The molecule has 13 rings (SSSR count). The summed E-state index contributed by atoms with van der Waals surface area (Å²) in [6.45, 7) is 23.0. The second-order valence-corrected chi connectivity index (χ2v) is 27.8. The van der Waals surface area contributed by atoms with Crippen LogP contribution in [-0.4, -0.2) is 84.5 Å². The van der Waals surface area contributed by atoms with Gasteiger partial charge in [-0.2, -0.15) is 0 Å². The van der Waals surface area contributed by atoms with Crippen molar-refractivity contribution < 1.29 is 28.7 Å². The molecule has 0 radical (unpaired) electrons. The molecular formula is C63H92N4O6. The second-order valence-electron chi connectivity index (χ2n) is 27.8. The van der Waals surface area contributed by atoms with Crippen molar-refractivity contribution in [2.45, 2.75) is 206 Å². The Morgan fingerprint density at radius 3 is 1.77 bits per heavy atom. The predicted octanol–water partition coefficient (Wildman–Crippen LogP) is 11.2. The average molecular weight is 1000 g/mol. The summed E-state index contributed by atoms with van der Waals surface area (Å²) >= 11 is 0. The molecule has 10 nitrogen and oxygen atoms in total. The molecule has 12 aliphatic rings. The topological polar surface area (TPSA) is 118 Å². The second kappa shape index (κ2) is 19.1. The lowest BCUT2D eigenvalue weighted by Gasteiger charge is -2.49. The zero-order chi connectivity index (χ0) is 50.8. The molecule has 3 N–H and O–H groups in total. The summed E-state index contributed by atoms with van der Waals surface area (Å²) in [5.74, 6) is 7.94. The van der Waals surface area contributed by atoms with E-state index in [0.717, 1.165) is 101 Å². The molecule has 1 aromatic carbocycles. The summed E-state index contributed by atoms with van der Waals surface area (Å²) in [6.07, 6.45) is 20.9. The minimum Gasteiger partial charge on any atom is -0.369 e. The van der Waals surface area contributed by atoms with E-state index in [4.69, 9.17) is 14.3 Å². The fraction of sp³-hybridized carbons (Fsp3) is 0.794. The van der Waals surface area contributed by atoms with Crippen LogP contribution in [0.15, 0.2) is 52.6 Å². The summed E-state index contributed by atoms with van der Waals surface area (Å²) in [6, 6.07) is 9.98. The zero-order valence-electron chi connectivity index (χ0n) is 46.1. The normalized spacial score (nSPS) is 48.1. The van der Waals surface area contributed by atoms with Crippen LogP contribution in [0.2, 0.25) is 0 Å². The fourth-order valence-corrected chi connectivity index (χ4v) is 20.1. The molecule has 2 amide bonds. The number of carbonyl (C=O) groups is 3. The van der Waals surface area contributed by atoms with Crippen LogP contribution < -0.4 is 16.0 Å². The van der Waals surface area contributed by atoms with Crippen molar-refractivity contribution in [1.29, 1.82) is 0 Å². The molecule has 6 heterocycles. The Morgan fingerprint density at radius 1 is 0.658 bits per heavy atom. The van der Waals surface area contributed by atoms with Crippen LogP contribution in [0.25, 0.3) is 0 Å². The Labute approximate surface area is 438 Å². The third-order valence-electron chi connectivity index (χ3n) is 24.2. The van der Waals surface area contributed by atoms with E-state index in [9.17, 15) is 14.4 Å². The van der Waals surface area contributed by atoms with Crippen LogP contribution in [0.4, 0.5) is 0 Å². The van der Waals surface area contributed by atoms with Crippen molar-refractivity contribution in [1.82, 2.24) is 21.0 Å². The summed E-state index contributed by atoms with van der Waals surface area (Å²) in [5.41, 5.74) is 7.74. The number of nitrogens with zero attached hydrogens (tertiary/aromatic N) is 1. The van der Waals surface area contributed by atoms with Gasteiger partial charge < -0.3 is 30.3 Å². The standard InChI is InChI=1S/C35H48N2O4.C28H44N2O2/c1-21-16-30-32(37(20-21)41-33(39)24-8-6-5-7-9-24)23(3)35(40-30)15-12-26-27-11-10-25-19-36-31(38)13-14-34(25,4)29(27)17-28(26)22(2)18-35;1-16-11-24-26(30-14-16)18(3)28(32-24)10-7-20-21-6-5-19-15-29-25(31)8-9-27(19,4)23(21)12-22(20)17(2)13-28/h5-9,21,23,25-27,29-30,32H,10-20H2,1-4H3,(H,36,38);16,18-21,23-24,26,30H,5-15H2,1-4H3,(H,29,31)/t21-,23+,25+,26-,27-,29-,30+,32-,34-,35-;16-,18+,19+,20-,21-,23-,24+,26-,27-,28-/m00/s1. The van der Waals surface area contributed by atoms with E-state index in [0.29, 0.717) is 65.1 Å². The lowest BCUT2D eigenvalue weighted by atomic mass is 9.55. The van der Waals surface area contributed by atoms with Crippen molar-refractivity contribution in [2.75, 3.05) is 26.2 Å². The quantitative estimate of drug-likeness (QED) is 0.251. The molecule has 20 atom stereocenters. The number of piperidine rings is 2. The molecule has 10 fully saturated rings. The average Bonchev–Trinajstić information content (AvgIpc) is 3.98. The van der Waals surface area contributed by atoms with Crippen molar-refractivity contribution in [3.05, 3.63) is 58.2 Å². The molecule has 6 aliphatic heterocycles. The maximum absolute atomic E-state index is 13.1. The first-order valence-electron chi connectivity index (χ1n) is 30.0. The summed E-state index contributed by atoms with van der Waals surface area (Å²) in [5, 5.41) is 12.3. The molecule has 6 aliphatic carbocycles. The van der Waals surface area contributed by atoms with Gasteiger partial charge in [-0.15, -0.1) is 5.06 Å². The van der Waals surface area contributed by atoms with E-state index in [1.165, 1.54) is 64.2 Å². The molecule has 10 heteroatoms. The first-order valence-corrected chi connectivity index (χ1v) is 30.0. The highest BCUT2D eigenvalue weighted by atomic mass is 16.7. The van der Waals surface area contributed by atoms with Gasteiger partial charge >= 0.3 is 5.97 Å². The van der Waals surface area contributed by atoms with E-state index < -0.39 is 0 Å². The van der Waals surface area contributed by atoms with Gasteiger partial charge in [0, 0.05) is 50.4 Å². The SMILES string of the molecule is CC1=C2C[C@H]3[C@@H](CC[C@@H]4CNC(=O)CC[C@@]43C)[C@@H]2CC[C@@]2(C1)O[C@@H]1C[C@H](C)CN(OC(=O)c3ccccc3)[C@H]1[C@H]2C.CC1=C2C[C@H]3[C@@H](CC[C@@H]4CNC(=O)CC[C@@]43C)[C@@H]2CC[C@@]2(C1)O[C@@H]1C[C@H](C)CN[C@H]1[C@H]2C. The Hall–Kier alpha value is -3.05. The van der Waals surface area contributed by atoms with Gasteiger partial charge in [0.05, 0.1) is 35.0 Å². The number of rotatable bonds is 2. The molecule has 1 aromatic rings. The number of carbonyl (C=O) groups excluding carboxylic acids is 3. The lowest BCUT2D eigenvalue weighted by molar-refractivity contribution is -0.182. The summed E-state index contributed by atoms with van der Waals surface area (Å²) in [4.78, 5) is 43.7. The highest BCUT2D eigenvalue weighted by Gasteiger charge is 2.62. The molecule has 400 valence electrons. The van der Waals surface area contributed by atoms with Gasteiger partial charge in [0.25, 0.3) is 0 Å². The fourth-order valence-electron chi connectivity index (χ4n) is 20.1. The van der Waals surface area contributed by atoms with Gasteiger partial charge in [0.15, 0.2) is 0 Å². The molecule has 0 aromatic heterocycles. The van der Waals surface area contributed by atoms with Gasteiger partial charge in [0.2, 0.25) is 11.8 Å². The van der Waals surface area contributed by atoms with Crippen molar-refractivity contribution in [2.24, 2.45) is 81.8 Å². The molecule has 6 saturated heterocycles. The number of nitrogens with one attached hydrogen (secondary N) is 3.